The molecule has 122 valence electrons. The highest BCUT2D eigenvalue weighted by Gasteiger charge is 2.34. The van der Waals surface area contributed by atoms with Gasteiger partial charge in [0.25, 0.3) is 5.56 Å². The molecule has 0 aromatic carbocycles. The molecule has 1 atom stereocenters. The molecule has 3 aliphatic rings. The zero-order chi connectivity index (χ0) is 15.8. The fourth-order valence-electron chi connectivity index (χ4n) is 3.96. The van der Waals surface area contributed by atoms with Crippen LogP contribution in [0.25, 0.3) is 0 Å². The number of allylic oxidation sites excluding steroid dienone is 2. The normalized spacial score (nSPS) is 23.7. The van der Waals surface area contributed by atoms with Crippen molar-refractivity contribution in [2.24, 2.45) is 11.8 Å². The molecule has 5 heteroatoms. The molecule has 1 fully saturated rings. The first-order valence-electron chi connectivity index (χ1n) is 8.74. The molecule has 1 aromatic rings. The van der Waals surface area contributed by atoms with E-state index < -0.39 is 0 Å². The molecule has 0 N–H and O–H groups in total. The lowest BCUT2D eigenvalue weighted by Crippen LogP contribution is -2.54. The van der Waals surface area contributed by atoms with E-state index in [1.807, 2.05) is 4.90 Å². The van der Waals surface area contributed by atoms with Crippen molar-refractivity contribution in [3.8, 4) is 0 Å². The number of carbonyl (C=O) groups excluding carboxylic acids is 1. The van der Waals surface area contributed by atoms with Gasteiger partial charge in [-0.1, -0.05) is 12.2 Å². The SMILES string of the molecule is O=C(C1CC=CCC1)N1CC(Cn2nc3c(cc2=O)CCC3)C1. The van der Waals surface area contributed by atoms with Crippen molar-refractivity contribution >= 4 is 5.91 Å². The van der Waals surface area contributed by atoms with E-state index in [0.29, 0.717) is 18.4 Å². The highest BCUT2D eigenvalue weighted by atomic mass is 16.2. The number of fused-ring (bicyclic) bond motifs is 1. The average Bonchev–Trinajstić information content (AvgIpc) is 2.97. The number of nitrogens with zero attached hydrogens (tertiary/aromatic N) is 3. The Morgan fingerprint density at radius 3 is 2.91 bits per heavy atom. The number of amides is 1. The summed E-state index contributed by atoms with van der Waals surface area (Å²) in [6.45, 7) is 2.18. The predicted octanol–water partition coefficient (Wildman–Crippen LogP) is 1.55. The molecule has 2 heterocycles. The Morgan fingerprint density at radius 1 is 1.26 bits per heavy atom. The summed E-state index contributed by atoms with van der Waals surface area (Å²) in [6.07, 6.45) is 10.2. The highest BCUT2D eigenvalue weighted by Crippen LogP contribution is 2.26. The summed E-state index contributed by atoms with van der Waals surface area (Å²) in [5.74, 6) is 0.824. The van der Waals surface area contributed by atoms with Gasteiger partial charge in [0.2, 0.25) is 5.91 Å². The molecule has 0 saturated carbocycles. The number of hydrogen-bond donors (Lipinski definition) is 0. The zero-order valence-electron chi connectivity index (χ0n) is 13.4. The maximum absolute atomic E-state index is 12.4. The Kier molecular flexibility index (Phi) is 3.79. The summed E-state index contributed by atoms with van der Waals surface area (Å²) in [4.78, 5) is 26.5. The number of carbonyl (C=O) groups is 1. The van der Waals surface area contributed by atoms with Crippen LogP contribution in [0.15, 0.2) is 23.0 Å². The Balaban J connectivity index is 1.35. The van der Waals surface area contributed by atoms with E-state index in [4.69, 9.17) is 0 Å². The molecule has 0 radical (unpaired) electrons. The van der Waals surface area contributed by atoms with Crippen molar-refractivity contribution in [1.82, 2.24) is 14.7 Å². The third-order valence-corrected chi connectivity index (χ3v) is 5.34. The molecule has 1 unspecified atom stereocenters. The van der Waals surface area contributed by atoms with Gasteiger partial charge in [0, 0.05) is 31.0 Å². The first-order chi connectivity index (χ1) is 11.2. The van der Waals surface area contributed by atoms with Crippen LogP contribution in [0, 0.1) is 11.8 Å². The first-order valence-corrected chi connectivity index (χ1v) is 8.74. The Hall–Kier alpha value is -1.91. The van der Waals surface area contributed by atoms with Crippen LogP contribution in [0.2, 0.25) is 0 Å². The summed E-state index contributed by atoms with van der Waals surface area (Å²) in [5.41, 5.74) is 2.22. The maximum Gasteiger partial charge on any atom is 0.267 e. The minimum atomic E-state index is 0.00726. The Bertz CT molecular complexity index is 701. The molecule has 0 bridgehead atoms. The minimum absolute atomic E-state index is 0.00726. The van der Waals surface area contributed by atoms with Gasteiger partial charge in [0.15, 0.2) is 0 Å². The number of hydrogen-bond acceptors (Lipinski definition) is 3. The number of likely N-dealkylation sites (tertiary alicyclic amines) is 1. The van der Waals surface area contributed by atoms with Crippen LogP contribution in [0.3, 0.4) is 0 Å². The quantitative estimate of drug-likeness (QED) is 0.796. The van der Waals surface area contributed by atoms with Crippen LogP contribution in [-0.4, -0.2) is 33.7 Å². The molecule has 2 aliphatic carbocycles. The van der Waals surface area contributed by atoms with Crippen molar-refractivity contribution < 1.29 is 4.79 Å². The fourth-order valence-corrected chi connectivity index (χ4v) is 3.96. The molecule has 0 spiro atoms. The van der Waals surface area contributed by atoms with E-state index in [1.54, 1.807) is 10.7 Å². The van der Waals surface area contributed by atoms with E-state index in [2.05, 4.69) is 17.3 Å². The van der Waals surface area contributed by atoms with Gasteiger partial charge in [0.1, 0.15) is 0 Å². The van der Waals surface area contributed by atoms with Crippen molar-refractivity contribution in [2.75, 3.05) is 13.1 Å². The van der Waals surface area contributed by atoms with E-state index in [9.17, 15) is 9.59 Å². The van der Waals surface area contributed by atoms with Crippen LogP contribution in [-0.2, 0) is 24.2 Å². The average molecular weight is 313 g/mol. The standard InChI is InChI=1S/C18H23N3O2/c22-17-9-15-7-4-8-16(15)19-21(17)12-13-10-20(11-13)18(23)14-5-2-1-3-6-14/h1-2,9,13-14H,3-8,10-12H2. The maximum atomic E-state index is 12.4. The van der Waals surface area contributed by atoms with Crippen LogP contribution >= 0.6 is 0 Å². The lowest BCUT2D eigenvalue weighted by atomic mass is 9.90. The number of rotatable bonds is 3. The largest absolute Gasteiger partial charge is 0.342 e. The van der Waals surface area contributed by atoms with Crippen molar-refractivity contribution in [1.29, 1.82) is 0 Å². The zero-order valence-corrected chi connectivity index (χ0v) is 13.4. The minimum Gasteiger partial charge on any atom is -0.342 e. The van der Waals surface area contributed by atoms with Crippen LogP contribution in [0.5, 0.6) is 0 Å². The third-order valence-electron chi connectivity index (χ3n) is 5.34. The predicted molar refractivity (Wildman–Crippen MR) is 87.1 cm³/mol. The molecule has 4 rings (SSSR count). The van der Waals surface area contributed by atoms with E-state index in [1.165, 1.54) is 0 Å². The highest BCUT2D eigenvalue weighted by molar-refractivity contribution is 5.80. The van der Waals surface area contributed by atoms with Crippen molar-refractivity contribution in [2.45, 2.75) is 45.1 Å². The lowest BCUT2D eigenvalue weighted by molar-refractivity contribution is -0.142. The summed E-state index contributed by atoms with van der Waals surface area (Å²) in [7, 11) is 0. The third kappa shape index (κ3) is 2.84. The Morgan fingerprint density at radius 2 is 2.13 bits per heavy atom. The van der Waals surface area contributed by atoms with Gasteiger partial charge in [-0.25, -0.2) is 4.68 Å². The van der Waals surface area contributed by atoms with Gasteiger partial charge in [0.05, 0.1) is 12.2 Å². The van der Waals surface area contributed by atoms with E-state index >= 15 is 0 Å². The lowest BCUT2D eigenvalue weighted by Gasteiger charge is -2.41. The number of aryl methyl sites for hydroxylation is 2. The molecular weight excluding hydrogens is 290 g/mol. The second-order valence-electron chi connectivity index (χ2n) is 7.08. The Labute approximate surface area is 136 Å². The van der Waals surface area contributed by atoms with Gasteiger partial charge in [-0.2, -0.15) is 5.10 Å². The van der Waals surface area contributed by atoms with E-state index in [-0.39, 0.29) is 11.5 Å². The van der Waals surface area contributed by atoms with E-state index in [0.717, 1.165) is 62.9 Å². The first kappa shape index (κ1) is 14.7. The van der Waals surface area contributed by atoms with Crippen LogP contribution in [0.4, 0.5) is 0 Å². The van der Waals surface area contributed by atoms with Gasteiger partial charge >= 0.3 is 0 Å². The molecule has 1 amide bonds. The molecule has 23 heavy (non-hydrogen) atoms. The molecular formula is C18H23N3O2. The smallest absolute Gasteiger partial charge is 0.267 e. The van der Waals surface area contributed by atoms with Gasteiger partial charge in [-0.15, -0.1) is 0 Å². The van der Waals surface area contributed by atoms with Crippen molar-refractivity contribution in [3.05, 3.63) is 39.8 Å². The van der Waals surface area contributed by atoms with Gasteiger partial charge < -0.3 is 4.90 Å². The second-order valence-corrected chi connectivity index (χ2v) is 7.08. The van der Waals surface area contributed by atoms with Crippen molar-refractivity contribution in [3.63, 3.8) is 0 Å². The monoisotopic (exact) mass is 313 g/mol. The number of aromatic nitrogens is 2. The van der Waals surface area contributed by atoms with Crippen LogP contribution < -0.4 is 5.56 Å². The molecule has 1 saturated heterocycles. The molecule has 5 nitrogen and oxygen atoms in total. The fraction of sp³-hybridized carbons (Fsp3) is 0.611. The summed E-state index contributed by atoms with van der Waals surface area (Å²) in [6, 6.07) is 1.76. The molecule has 1 aliphatic heterocycles. The van der Waals surface area contributed by atoms with Crippen LogP contribution in [0.1, 0.15) is 36.9 Å². The summed E-state index contributed by atoms with van der Waals surface area (Å²) < 4.78 is 1.61. The molecule has 1 aromatic heterocycles. The summed E-state index contributed by atoms with van der Waals surface area (Å²) in [5, 5.41) is 4.53. The summed E-state index contributed by atoms with van der Waals surface area (Å²) >= 11 is 0. The topological polar surface area (TPSA) is 55.2 Å². The van der Waals surface area contributed by atoms with Gasteiger partial charge in [-0.05, 0) is 44.1 Å². The van der Waals surface area contributed by atoms with Gasteiger partial charge in [-0.3, -0.25) is 9.59 Å². The second kappa shape index (κ2) is 5.95.